The Hall–Kier alpha value is -4.15. The Kier molecular flexibility index (Phi) is 8.31. The van der Waals surface area contributed by atoms with Gasteiger partial charge < -0.3 is 24.8 Å². The third-order valence-corrected chi connectivity index (χ3v) is 3.97. The van der Waals surface area contributed by atoms with Crippen LogP contribution >= 0.6 is 0 Å². The van der Waals surface area contributed by atoms with Crippen LogP contribution in [0.3, 0.4) is 0 Å². The van der Waals surface area contributed by atoms with Gasteiger partial charge in [-0.1, -0.05) is 0 Å². The molecule has 0 heterocycles. The van der Waals surface area contributed by atoms with Gasteiger partial charge in [0.1, 0.15) is 17.2 Å². The van der Waals surface area contributed by atoms with E-state index >= 15 is 0 Å². The first-order valence-electron chi connectivity index (χ1n) is 9.04. The molecule has 2 aromatic carbocycles. The number of nitro groups is 1. The zero-order valence-corrected chi connectivity index (χ0v) is 16.9. The van der Waals surface area contributed by atoms with Gasteiger partial charge >= 0.3 is 5.97 Å². The maximum atomic E-state index is 12.0. The van der Waals surface area contributed by atoms with Crippen LogP contribution in [0.4, 0.5) is 17.1 Å². The highest BCUT2D eigenvalue weighted by molar-refractivity contribution is 5.96. The number of rotatable bonds is 10. The summed E-state index contributed by atoms with van der Waals surface area (Å²) < 4.78 is 14.8. The molecule has 0 aliphatic heterocycles. The molecule has 0 aliphatic rings. The molecule has 0 aliphatic carbocycles. The van der Waals surface area contributed by atoms with Crippen molar-refractivity contribution in [2.24, 2.45) is 0 Å². The molecule has 0 aromatic heterocycles. The quantitative estimate of drug-likeness (QED) is 0.331. The molecule has 0 fully saturated rings. The van der Waals surface area contributed by atoms with Crippen molar-refractivity contribution in [3.8, 4) is 11.5 Å². The third-order valence-electron chi connectivity index (χ3n) is 3.97. The molecule has 2 aromatic rings. The highest BCUT2D eigenvalue weighted by atomic mass is 16.6. The van der Waals surface area contributed by atoms with Crippen molar-refractivity contribution in [2.75, 3.05) is 31.5 Å². The molecule has 11 nitrogen and oxygen atoms in total. The fourth-order valence-electron chi connectivity index (χ4n) is 2.42. The van der Waals surface area contributed by atoms with Crippen molar-refractivity contribution < 1.29 is 33.5 Å². The molecule has 0 unspecified atom stereocenters. The normalized spacial score (nSPS) is 10.0. The van der Waals surface area contributed by atoms with E-state index in [9.17, 15) is 24.5 Å². The third kappa shape index (κ3) is 7.31. The SMILES string of the molecule is COc1ccc(NC(=O)CCC(=O)OCC(=O)Nc2cc(OC)ccc2[N+](=O)[O-])cc1. The number of nitro benzene ring substituents is 1. The fraction of sp³-hybridized carbons (Fsp3) is 0.250. The van der Waals surface area contributed by atoms with Gasteiger partial charge in [-0.05, 0) is 30.3 Å². The number of ether oxygens (including phenoxy) is 3. The highest BCUT2D eigenvalue weighted by Gasteiger charge is 2.18. The summed E-state index contributed by atoms with van der Waals surface area (Å²) in [6, 6.07) is 10.5. The molecular weight excluding hydrogens is 410 g/mol. The lowest BCUT2D eigenvalue weighted by molar-refractivity contribution is -0.383. The summed E-state index contributed by atoms with van der Waals surface area (Å²) in [5, 5.41) is 16.0. The van der Waals surface area contributed by atoms with E-state index in [4.69, 9.17) is 14.2 Å². The number of carbonyl (C=O) groups is 3. The fourth-order valence-corrected chi connectivity index (χ4v) is 2.42. The van der Waals surface area contributed by atoms with Gasteiger partial charge in [0, 0.05) is 24.2 Å². The van der Waals surface area contributed by atoms with E-state index in [1.807, 2.05) is 0 Å². The molecule has 0 spiro atoms. The van der Waals surface area contributed by atoms with Crippen LogP contribution in [0.25, 0.3) is 0 Å². The van der Waals surface area contributed by atoms with Crippen LogP contribution < -0.4 is 20.1 Å². The minimum Gasteiger partial charge on any atom is -0.497 e. The molecule has 11 heteroatoms. The van der Waals surface area contributed by atoms with E-state index in [0.717, 1.165) is 0 Å². The summed E-state index contributed by atoms with van der Waals surface area (Å²) in [5.41, 5.74) is 0.110. The topological polar surface area (TPSA) is 146 Å². The number of hydrogen-bond acceptors (Lipinski definition) is 8. The highest BCUT2D eigenvalue weighted by Crippen LogP contribution is 2.28. The molecule has 0 atom stereocenters. The van der Waals surface area contributed by atoms with E-state index in [-0.39, 0.29) is 24.2 Å². The lowest BCUT2D eigenvalue weighted by Crippen LogP contribution is -2.22. The summed E-state index contributed by atoms with van der Waals surface area (Å²) in [6.07, 6.45) is -0.386. The van der Waals surface area contributed by atoms with Crippen LogP contribution in [0.15, 0.2) is 42.5 Å². The summed E-state index contributed by atoms with van der Waals surface area (Å²) >= 11 is 0. The van der Waals surface area contributed by atoms with Crippen molar-refractivity contribution >= 4 is 34.8 Å². The molecule has 2 N–H and O–H groups in total. The largest absolute Gasteiger partial charge is 0.497 e. The number of nitrogens with zero attached hydrogens (tertiary/aromatic N) is 1. The number of esters is 1. The molecule has 2 amide bonds. The molecule has 0 saturated carbocycles. The second-order valence-electron chi connectivity index (χ2n) is 6.13. The molecule has 164 valence electrons. The first-order valence-corrected chi connectivity index (χ1v) is 9.04. The average molecular weight is 431 g/mol. The number of amides is 2. The van der Waals surface area contributed by atoms with E-state index in [1.165, 1.54) is 32.4 Å². The van der Waals surface area contributed by atoms with Gasteiger partial charge in [-0.3, -0.25) is 24.5 Å². The first-order chi connectivity index (χ1) is 14.8. The van der Waals surface area contributed by atoms with Gasteiger partial charge in [0.05, 0.1) is 25.6 Å². The second-order valence-corrected chi connectivity index (χ2v) is 6.13. The molecule has 0 saturated heterocycles. The van der Waals surface area contributed by atoms with Crippen molar-refractivity contribution in [2.45, 2.75) is 12.8 Å². The maximum absolute atomic E-state index is 12.0. The van der Waals surface area contributed by atoms with Crippen molar-refractivity contribution in [1.82, 2.24) is 0 Å². The Morgan fingerprint density at radius 1 is 0.903 bits per heavy atom. The van der Waals surface area contributed by atoms with Crippen LogP contribution in [0.2, 0.25) is 0 Å². The van der Waals surface area contributed by atoms with Gasteiger partial charge in [0.2, 0.25) is 5.91 Å². The standard InChI is InChI=1S/C20H21N3O8/c1-29-14-5-3-13(4-6-14)21-18(24)9-10-20(26)31-12-19(25)22-16-11-15(30-2)7-8-17(16)23(27)28/h3-8,11H,9-10,12H2,1-2H3,(H,21,24)(H,22,25). The minimum atomic E-state index is -0.771. The van der Waals surface area contributed by atoms with E-state index in [0.29, 0.717) is 17.2 Å². The average Bonchev–Trinajstić information content (AvgIpc) is 2.76. The van der Waals surface area contributed by atoms with Crippen molar-refractivity contribution in [1.29, 1.82) is 0 Å². The Morgan fingerprint density at radius 3 is 2.16 bits per heavy atom. The van der Waals surface area contributed by atoms with Gasteiger partial charge in [-0.15, -0.1) is 0 Å². The zero-order valence-electron chi connectivity index (χ0n) is 16.9. The maximum Gasteiger partial charge on any atom is 0.306 e. The van der Waals surface area contributed by atoms with Gasteiger partial charge in [-0.2, -0.15) is 0 Å². The van der Waals surface area contributed by atoms with Crippen molar-refractivity contribution in [3.05, 3.63) is 52.6 Å². The summed E-state index contributed by atoms with van der Waals surface area (Å²) in [5.74, 6) is -0.994. The molecule has 0 radical (unpaired) electrons. The van der Waals surface area contributed by atoms with Crippen molar-refractivity contribution in [3.63, 3.8) is 0 Å². The lowest BCUT2D eigenvalue weighted by Gasteiger charge is -2.09. The summed E-state index contributed by atoms with van der Waals surface area (Å²) in [6.45, 7) is -0.659. The summed E-state index contributed by atoms with van der Waals surface area (Å²) in [7, 11) is 2.90. The van der Waals surface area contributed by atoms with E-state index in [2.05, 4.69) is 10.6 Å². The smallest absolute Gasteiger partial charge is 0.306 e. The monoisotopic (exact) mass is 431 g/mol. The van der Waals surface area contributed by atoms with E-state index < -0.39 is 29.3 Å². The Labute approximate surface area is 177 Å². The van der Waals surface area contributed by atoms with Crippen LogP contribution in [-0.4, -0.2) is 43.5 Å². The van der Waals surface area contributed by atoms with Crippen LogP contribution in [0.5, 0.6) is 11.5 Å². The predicted molar refractivity (Wildman–Crippen MR) is 110 cm³/mol. The lowest BCUT2D eigenvalue weighted by atomic mass is 10.2. The molecule has 2 rings (SSSR count). The Morgan fingerprint density at radius 2 is 1.55 bits per heavy atom. The molecule has 31 heavy (non-hydrogen) atoms. The first kappa shape index (κ1) is 23.1. The minimum absolute atomic E-state index is 0.0933. The van der Waals surface area contributed by atoms with E-state index in [1.54, 1.807) is 24.3 Å². The number of hydrogen-bond donors (Lipinski definition) is 2. The second kappa shape index (κ2) is 11.1. The number of carbonyl (C=O) groups excluding carboxylic acids is 3. The molecule has 0 bridgehead atoms. The van der Waals surface area contributed by atoms with Crippen LogP contribution in [0.1, 0.15) is 12.8 Å². The number of anilines is 2. The number of methoxy groups -OCH3 is 2. The van der Waals surface area contributed by atoms with Crippen LogP contribution in [-0.2, 0) is 19.1 Å². The van der Waals surface area contributed by atoms with Crippen LogP contribution in [0, 0.1) is 10.1 Å². The molecular formula is C20H21N3O8. The zero-order chi connectivity index (χ0) is 22.8. The number of nitrogens with one attached hydrogen (secondary N) is 2. The Balaban J connectivity index is 1.78. The Bertz CT molecular complexity index is 959. The van der Waals surface area contributed by atoms with Gasteiger partial charge in [0.25, 0.3) is 11.6 Å². The number of benzene rings is 2. The van der Waals surface area contributed by atoms with Gasteiger partial charge in [-0.25, -0.2) is 0 Å². The van der Waals surface area contributed by atoms with Gasteiger partial charge in [0.15, 0.2) is 6.61 Å². The summed E-state index contributed by atoms with van der Waals surface area (Å²) in [4.78, 5) is 46.1. The predicted octanol–water partition coefficient (Wildman–Crippen LogP) is 2.51.